The summed E-state index contributed by atoms with van der Waals surface area (Å²) in [6.45, 7) is 3.71. The van der Waals surface area contributed by atoms with Gasteiger partial charge in [0.1, 0.15) is 5.82 Å². The van der Waals surface area contributed by atoms with Gasteiger partial charge in [-0.3, -0.25) is 0 Å². The number of halogens is 1. The largest absolute Gasteiger partial charge is 0.392 e. The summed E-state index contributed by atoms with van der Waals surface area (Å²) in [6, 6.07) is 6.50. The first-order chi connectivity index (χ1) is 9.11. The number of rotatable bonds is 5. The second-order valence-corrected chi connectivity index (χ2v) is 4.58. The van der Waals surface area contributed by atoms with Crippen LogP contribution in [0.2, 0.25) is 0 Å². The van der Waals surface area contributed by atoms with Gasteiger partial charge >= 0.3 is 0 Å². The van der Waals surface area contributed by atoms with Crippen LogP contribution < -0.4 is 0 Å². The summed E-state index contributed by atoms with van der Waals surface area (Å²) in [6.07, 6.45) is 0.388. The molecule has 1 aromatic carbocycles. The van der Waals surface area contributed by atoms with Crippen molar-refractivity contribution in [2.45, 2.75) is 38.7 Å². The van der Waals surface area contributed by atoms with E-state index in [9.17, 15) is 9.50 Å². The Bertz CT molecular complexity index is 542. The Hall–Kier alpha value is -1.75. The third-order valence-electron chi connectivity index (χ3n) is 3.18. The Morgan fingerprint density at radius 3 is 2.79 bits per heavy atom. The molecule has 0 saturated heterocycles. The lowest BCUT2D eigenvalue weighted by Crippen LogP contribution is -2.14. The molecular formula is C14H17FN2O2. The number of nitrogens with zero attached hydrogens (tertiary/aromatic N) is 2. The average Bonchev–Trinajstić information content (AvgIpc) is 2.88. The van der Waals surface area contributed by atoms with Gasteiger partial charge in [-0.2, -0.15) is 4.98 Å². The molecule has 0 aliphatic rings. The summed E-state index contributed by atoms with van der Waals surface area (Å²) in [7, 11) is 0. The van der Waals surface area contributed by atoms with E-state index in [1.54, 1.807) is 18.2 Å². The van der Waals surface area contributed by atoms with Crippen molar-refractivity contribution in [3.63, 3.8) is 0 Å². The van der Waals surface area contributed by atoms with E-state index in [-0.39, 0.29) is 18.2 Å². The molecule has 1 heterocycles. The topological polar surface area (TPSA) is 59.2 Å². The van der Waals surface area contributed by atoms with Crippen LogP contribution in [0.5, 0.6) is 0 Å². The van der Waals surface area contributed by atoms with E-state index in [1.165, 1.54) is 6.07 Å². The molecule has 0 bridgehead atoms. The first-order valence-electron chi connectivity index (χ1n) is 6.35. The molecule has 19 heavy (non-hydrogen) atoms. The second-order valence-electron chi connectivity index (χ2n) is 4.58. The lowest BCUT2D eigenvalue weighted by molar-refractivity contribution is 0.129. The molecule has 2 rings (SSSR count). The van der Waals surface area contributed by atoms with E-state index in [0.717, 1.165) is 0 Å². The van der Waals surface area contributed by atoms with Crippen LogP contribution in [-0.4, -0.2) is 21.4 Å². The predicted molar refractivity (Wildman–Crippen MR) is 68.2 cm³/mol. The lowest BCUT2D eigenvalue weighted by atomic mass is 10.0. The highest BCUT2D eigenvalue weighted by atomic mass is 19.1. The Kier molecular flexibility index (Phi) is 4.27. The van der Waals surface area contributed by atoms with Crippen LogP contribution in [0, 0.1) is 5.82 Å². The maximum Gasteiger partial charge on any atom is 0.232 e. The summed E-state index contributed by atoms with van der Waals surface area (Å²) < 4.78 is 18.6. The highest BCUT2D eigenvalue weighted by Gasteiger charge is 2.21. The van der Waals surface area contributed by atoms with Gasteiger partial charge in [0, 0.05) is 6.42 Å². The van der Waals surface area contributed by atoms with Crippen LogP contribution in [-0.2, 0) is 6.42 Å². The highest BCUT2D eigenvalue weighted by molar-refractivity contribution is 5.20. The van der Waals surface area contributed by atoms with E-state index < -0.39 is 6.10 Å². The summed E-state index contributed by atoms with van der Waals surface area (Å²) in [5, 5.41) is 13.6. The number of aliphatic hydroxyl groups is 1. The molecule has 0 spiro atoms. The summed E-state index contributed by atoms with van der Waals surface area (Å²) in [5.74, 6) is 0.318. The Morgan fingerprint density at radius 2 is 2.11 bits per heavy atom. The molecule has 2 unspecified atom stereocenters. The summed E-state index contributed by atoms with van der Waals surface area (Å²) in [4.78, 5) is 4.21. The molecule has 0 fully saturated rings. The number of aliphatic hydroxyl groups excluding tert-OH is 1. The van der Waals surface area contributed by atoms with Gasteiger partial charge in [-0.25, -0.2) is 4.39 Å². The lowest BCUT2D eigenvalue weighted by Gasteiger charge is -2.11. The smallest absolute Gasteiger partial charge is 0.232 e. The first-order valence-corrected chi connectivity index (χ1v) is 6.35. The van der Waals surface area contributed by atoms with Crippen molar-refractivity contribution in [1.29, 1.82) is 0 Å². The molecule has 0 aliphatic carbocycles. The minimum absolute atomic E-state index is 0.216. The average molecular weight is 264 g/mol. The van der Waals surface area contributed by atoms with Crippen molar-refractivity contribution in [3.05, 3.63) is 47.4 Å². The van der Waals surface area contributed by atoms with Crippen molar-refractivity contribution in [2.75, 3.05) is 0 Å². The van der Waals surface area contributed by atoms with E-state index in [2.05, 4.69) is 10.1 Å². The minimum Gasteiger partial charge on any atom is -0.392 e. The van der Waals surface area contributed by atoms with Gasteiger partial charge in [0.25, 0.3) is 0 Å². The van der Waals surface area contributed by atoms with Crippen LogP contribution in [0.15, 0.2) is 28.8 Å². The maximum absolute atomic E-state index is 13.5. The molecule has 0 amide bonds. The Labute approximate surface area is 111 Å². The quantitative estimate of drug-likeness (QED) is 0.902. The molecule has 1 aromatic heterocycles. The Morgan fingerprint density at radius 1 is 1.37 bits per heavy atom. The number of aromatic nitrogens is 2. The maximum atomic E-state index is 13.5. The van der Waals surface area contributed by atoms with Crippen molar-refractivity contribution in [3.8, 4) is 0 Å². The zero-order chi connectivity index (χ0) is 13.8. The molecule has 2 atom stereocenters. The fourth-order valence-corrected chi connectivity index (χ4v) is 1.85. The molecule has 1 N–H and O–H groups in total. The monoisotopic (exact) mass is 264 g/mol. The van der Waals surface area contributed by atoms with E-state index in [0.29, 0.717) is 23.7 Å². The molecular weight excluding hydrogens is 247 g/mol. The third-order valence-corrected chi connectivity index (χ3v) is 3.18. The van der Waals surface area contributed by atoms with Gasteiger partial charge in [0.2, 0.25) is 5.89 Å². The zero-order valence-corrected chi connectivity index (χ0v) is 11.0. The van der Waals surface area contributed by atoms with Gasteiger partial charge in [0.15, 0.2) is 5.82 Å². The van der Waals surface area contributed by atoms with Gasteiger partial charge in [-0.1, -0.05) is 37.2 Å². The molecule has 5 heteroatoms. The van der Waals surface area contributed by atoms with Crippen LogP contribution in [0.4, 0.5) is 4.39 Å². The van der Waals surface area contributed by atoms with Gasteiger partial charge in [-0.15, -0.1) is 0 Å². The first kappa shape index (κ1) is 13.7. The molecule has 0 aliphatic heterocycles. The Balaban J connectivity index is 2.12. The SMILES string of the molecule is CCC(O)C(C)c1nc(Cc2ccccc2F)no1. The van der Waals surface area contributed by atoms with Crippen molar-refractivity contribution in [1.82, 2.24) is 10.1 Å². The fourth-order valence-electron chi connectivity index (χ4n) is 1.85. The summed E-state index contributed by atoms with van der Waals surface area (Å²) >= 11 is 0. The fraction of sp³-hybridized carbons (Fsp3) is 0.429. The molecule has 2 aromatic rings. The van der Waals surface area contributed by atoms with E-state index in [4.69, 9.17) is 4.52 Å². The van der Waals surface area contributed by atoms with Crippen LogP contribution in [0.3, 0.4) is 0 Å². The number of benzene rings is 1. The van der Waals surface area contributed by atoms with E-state index >= 15 is 0 Å². The molecule has 4 nitrogen and oxygen atoms in total. The van der Waals surface area contributed by atoms with Crippen LogP contribution >= 0.6 is 0 Å². The molecule has 0 saturated carbocycles. The third kappa shape index (κ3) is 3.17. The second kappa shape index (κ2) is 5.93. The van der Waals surface area contributed by atoms with Crippen molar-refractivity contribution < 1.29 is 14.0 Å². The van der Waals surface area contributed by atoms with E-state index in [1.807, 2.05) is 13.8 Å². The number of hydrogen-bond donors (Lipinski definition) is 1. The molecule has 0 radical (unpaired) electrons. The predicted octanol–water partition coefficient (Wildman–Crippen LogP) is 2.67. The summed E-state index contributed by atoms with van der Waals surface area (Å²) in [5.41, 5.74) is 0.526. The van der Waals surface area contributed by atoms with Gasteiger partial charge < -0.3 is 9.63 Å². The normalized spacial score (nSPS) is 14.3. The van der Waals surface area contributed by atoms with Crippen LogP contribution in [0.25, 0.3) is 0 Å². The van der Waals surface area contributed by atoms with Gasteiger partial charge in [-0.05, 0) is 18.1 Å². The zero-order valence-electron chi connectivity index (χ0n) is 11.0. The molecule has 102 valence electrons. The highest BCUT2D eigenvalue weighted by Crippen LogP contribution is 2.20. The van der Waals surface area contributed by atoms with Crippen molar-refractivity contribution in [2.24, 2.45) is 0 Å². The van der Waals surface area contributed by atoms with Gasteiger partial charge in [0.05, 0.1) is 12.0 Å². The van der Waals surface area contributed by atoms with Crippen LogP contribution in [0.1, 0.15) is 43.5 Å². The number of hydrogen-bond acceptors (Lipinski definition) is 4. The standard InChI is InChI=1S/C14H17FN2O2/c1-3-12(18)9(2)14-16-13(17-19-14)8-10-6-4-5-7-11(10)15/h4-7,9,12,18H,3,8H2,1-2H3. The minimum atomic E-state index is -0.512. The van der Waals surface area contributed by atoms with Crippen molar-refractivity contribution >= 4 is 0 Å².